The highest BCUT2D eigenvalue weighted by molar-refractivity contribution is 7.88. The van der Waals surface area contributed by atoms with Gasteiger partial charge in [0.15, 0.2) is 0 Å². The number of hydrogen-bond donors (Lipinski definition) is 0. The van der Waals surface area contributed by atoms with E-state index in [2.05, 4.69) is 6.07 Å². The Hall–Kier alpha value is -1.44. The predicted octanol–water partition coefficient (Wildman–Crippen LogP) is 1.47. The zero-order valence-electron chi connectivity index (χ0n) is 15.2. The van der Waals surface area contributed by atoms with Gasteiger partial charge in [0.2, 0.25) is 10.0 Å². The summed E-state index contributed by atoms with van der Waals surface area (Å²) in [6.45, 7) is 3.93. The van der Waals surface area contributed by atoms with E-state index in [0.717, 1.165) is 50.1 Å². The van der Waals surface area contributed by atoms with Gasteiger partial charge in [0, 0.05) is 49.7 Å². The van der Waals surface area contributed by atoms with Crippen LogP contribution in [0.4, 0.5) is 0 Å². The molecule has 2 fully saturated rings. The Morgan fingerprint density at radius 2 is 1.96 bits per heavy atom. The molecule has 3 heterocycles. The van der Waals surface area contributed by atoms with E-state index in [4.69, 9.17) is 4.74 Å². The second-order valence-corrected chi connectivity index (χ2v) is 9.89. The van der Waals surface area contributed by atoms with E-state index >= 15 is 0 Å². The van der Waals surface area contributed by atoms with Gasteiger partial charge in [-0.05, 0) is 30.9 Å². The third-order valence-electron chi connectivity index (χ3n) is 6.16. The Morgan fingerprint density at radius 1 is 1.23 bits per heavy atom. The lowest BCUT2D eigenvalue weighted by molar-refractivity contribution is 0.0575. The molecule has 0 bridgehead atoms. The molecule has 2 saturated heterocycles. The molecule has 3 aliphatic rings. The standard InChI is InChI=1S/C19H26N2O4S/c1-26(23,24)21-9-7-19(8-10-21)14-20(12-15-6-11-25-13-15)18(22)16-4-2-3-5-17(16)19/h2-5,15H,6-14H2,1H3. The van der Waals surface area contributed by atoms with Crippen LogP contribution in [-0.2, 0) is 20.2 Å². The lowest BCUT2D eigenvalue weighted by Gasteiger charge is -2.48. The number of amides is 1. The van der Waals surface area contributed by atoms with Gasteiger partial charge in [-0.25, -0.2) is 12.7 Å². The first-order chi connectivity index (χ1) is 12.4. The Bertz CT molecular complexity index is 794. The van der Waals surface area contributed by atoms with Crippen LogP contribution in [0, 0.1) is 5.92 Å². The van der Waals surface area contributed by atoms with Crippen LogP contribution in [0.5, 0.6) is 0 Å². The van der Waals surface area contributed by atoms with Gasteiger partial charge in [-0.15, -0.1) is 0 Å². The Morgan fingerprint density at radius 3 is 2.62 bits per heavy atom. The molecule has 0 aromatic heterocycles. The fourth-order valence-electron chi connectivity index (χ4n) is 4.68. The highest BCUT2D eigenvalue weighted by Gasteiger charge is 2.46. The van der Waals surface area contributed by atoms with Gasteiger partial charge in [0.25, 0.3) is 5.91 Å². The van der Waals surface area contributed by atoms with Crippen LogP contribution in [0.2, 0.25) is 0 Å². The van der Waals surface area contributed by atoms with Gasteiger partial charge in [0.1, 0.15) is 0 Å². The van der Waals surface area contributed by atoms with Gasteiger partial charge < -0.3 is 9.64 Å². The number of benzene rings is 1. The highest BCUT2D eigenvalue weighted by Crippen LogP contribution is 2.42. The Kier molecular flexibility index (Phi) is 4.57. The monoisotopic (exact) mass is 378 g/mol. The van der Waals surface area contributed by atoms with E-state index in [-0.39, 0.29) is 11.3 Å². The maximum atomic E-state index is 13.0. The predicted molar refractivity (Wildman–Crippen MR) is 98.6 cm³/mol. The normalized spacial score (nSPS) is 26.3. The van der Waals surface area contributed by atoms with Crippen LogP contribution in [0.3, 0.4) is 0 Å². The average molecular weight is 378 g/mol. The number of nitrogens with zero attached hydrogens (tertiary/aromatic N) is 2. The summed E-state index contributed by atoms with van der Waals surface area (Å²) in [4.78, 5) is 15.0. The van der Waals surface area contributed by atoms with Crippen molar-refractivity contribution < 1.29 is 17.9 Å². The van der Waals surface area contributed by atoms with Crippen LogP contribution < -0.4 is 0 Å². The fourth-order valence-corrected chi connectivity index (χ4v) is 5.53. The molecule has 4 rings (SSSR count). The summed E-state index contributed by atoms with van der Waals surface area (Å²) in [5, 5.41) is 0. The molecule has 1 amide bonds. The fraction of sp³-hybridized carbons (Fsp3) is 0.632. The topological polar surface area (TPSA) is 66.9 Å². The number of carbonyl (C=O) groups is 1. The minimum Gasteiger partial charge on any atom is -0.381 e. The summed E-state index contributed by atoms with van der Waals surface area (Å²) >= 11 is 0. The molecule has 0 radical (unpaired) electrons. The van der Waals surface area contributed by atoms with Crippen LogP contribution in [-0.4, -0.2) is 69.2 Å². The van der Waals surface area contributed by atoms with E-state index < -0.39 is 10.0 Å². The molecule has 0 aliphatic carbocycles. The van der Waals surface area contributed by atoms with Gasteiger partial charge >= 0.3 is 0 Å². The van der Waals surface area contributed by atoms with Crippen molar-refractivity contribution in [2.24, 2.45) is 5.92 Å². The first-order valence-electron chi connectivity index (χ1n) is 9.31. The number of sulfonamides is 1. The number of rotatable bonds is 3. The maximum absolute atomic E-state index is 13.0. The number of hydrogen-bond acceptors (Lipinski definition) is 4. The van der Waals surface area contributed by atoms with E-state index in [9.17, 15) is 13.2 Å². The molecule has 7 heteroatoms. The minimum absolute atomic E-state index is 0.101. The van der Waals surface area contributed by atoms with Crippen molar-refractivity contribution in [2.45, 2.75) is 24.7 Å². The van der Waals surface area contributed by atoms with Crippen molar-refractivity contribution in [3.8, 4) is 0 Å². The Labute approximate surface area is 155 Å². The van der Waals surface area contributed by atoms with E-state index in [1.807, 2.05) is 23.1 Å². The molecule has 3 aliphatic heterocycles. The number of fused-ring (bicyclic) bond motifs is 2. The Balaban J connectivity index is 1.63. The van der Waals surface area contributed by atoms with Crippen molar-refractivity contribution in [3.05, 3.63) is 35.4 Å². The average Bonchev–Trinajstić information content (AvgIpc) is 3.12. The second kappa shape index (κ2) is 6.62. The number of piperidine rings is 1. The summed E-state index contributed by atoms with van der Waals surface area (Å²) < 4.78 is 30.8. The van der Waals surface area contributed by atoms with Crippen molar-refractivity contribution >= 4 is 15.9 Å². The molecular formula is C19H26N2O4S. The summed E-state index contributed by atoms with van der Waals surface area (Å²) in [5.74, 6) is 0.501. The first kappa shape index (κ1) is 17.9. The lowest BCUT2D eigenvalue weighted by Crippen LogP contribution is -2.55. The zero-order chi connectivity index (χ0) is 18.4. The minimum atomic E-state index is -3.17. The third-order valence-corrected chi connectivity index (χ3v) is 7.46. The number of ether oxygens (including phenoxy) is 1. The smallest absolute Gasteiger partial charge is 0.254 e. The zero-order valence-corrected chi connectivity index (χ0v) is 16.0. The first-order valence-corrected chi connectivity index (χ1v) is 11.2. The molecule has 26 heavy (non-hydrogen) atoms. The summed E-state index contributed by atoms with van der Waals surface area (Å²) in [5.41, 5.74) is 1.73. The summed E-state index contributed by atoms with van der Waals surface area (Å²) in [7, 11) is -3.17. The quantitative estimate of drug-likeness (QED) is 0.799. The molecule has 142 valence electrons. The molecule has 1 unspecified atom stereocenters. The summed E-state index contributed by atoms with van der Waals surface area (Å²) in [6, 6.07) is 7.87. The molecule has 0 saturated carbocycles. The van der Waals surface area contributed by atoms with E-state index in [1.54, 1.807) is 4.31 Å². The van der Waals surface area contributed by atoms with Crippen molar-refractivity contribution in [1.82, 2.24) is 9.21 Å². The summed E-state index contributed by atoms with van der Waals surface area (Å²) in [6.07, 6.45) is 3.78. The molecular weight excluding hydrogens is 352 g/mol. The SMILES string of the molecule is CS(=O)(=O)N1CCC2(CC1)CN(CC1CCOC1)C(=O)c1ccccc12. The molecule has 1 aromatic rings. The van der Waals surface area contributed by atoms with Gasteiger partial charge in [-0.1, -0.05) is 18.2 Å². The van der Waals surface area contributed by atoms with Gasteiger partial charge in [-0.3, -0.25) is 4.79 Å². The van der Waals surface area contributed by atoms with Crippen molar-refractivity contribution in [3.63, 3.8) is 0 Å². The van der Waals surface area contributed by atoms with Gasteiger partial charge in [0.05, 0.1) is 12.9 Å². The molecule has 1 spiro atoms. The molecule has 1 aromatic carbocycles. The number of carbonyl (C=O) groups excluding carboxylic acids is 1. The van der Waals surface area contributed by atoms with Gasteiger partial charge in [-0.2, -0.15) is 0 Å². The van der Waals surface area contributed by atoms with Crippen LogP contribution in [0.15, 0.2) is 24.3 Å². The molecule has 0 N–H and O–H groups in total. The van der Waals surface area contributed by atoms with Crippen LogP contribution in [0.1, 0.15) is 35.2 Å². The second-order valence-electron chi connectivity index (χ2n) is 7.90. The van der Waals surface area contributed by atoms with E-state index in [0.29, 0.717) is 25.6 Å². The van der Waals surface area contributed by atoms with Crippen molar-refractivity contribution in [2.75, 3.05) is 45.6 Å². The molecule has 6 nitrogen and oxygen atoms in total. The van der Waals surface area contributed by atoms with Crippen LogP contribution >= 0.6 is 0 Å². The van der Waals surface area contributed by atoms with Crippen molar-refractivity contribution in [1.29, 1.82) is 0 Å². The van der Waals surface area contributed by atoms with E-state index in [1.165, 1.54) is 6.26 Å². The third kappa shape index (κ3) is 3.17. The molecule has 1 atom stereocenters. The van der Waals surface area contributed by atoms with Crippen LogP contribution in [0.25, 0.3) is 0 Å². The lowest BCUT2D eigenvalue weighted by atomic mass is 9.69. The maximum Gasteiger partial charge on any atom is 0.254 e. The highest BCUT2D eigenvalue weighted by atomic mass is 32.2. The largest absolute Gasteiger partial charge is 0.381 e.